The van der Waals surface area contributed by atoms with Crippen LogP contribution in [-0.2, 0) is 0 Å². The summed E-state index contributed by atoms with van der Waals surface area (Å²) in [5.74, 6) is 0.639. The second-order valence-electron chi connectivity index (χ2n) is 4.73. The summed E-state index contributed by atoms with van der Waals surface area (Å²) in [4.78, 5) is 10.6. The highest BCUT2D eigenvalue weighted by molar-refractivity contribution is 9.10. The molecule has 0 saturated heterocycles. The highest BCUT2D eigenvalue weighted by atomic mass is 79.9. The summed E-state index contributed by atoms with van der Waals surface area (Å²) in [5.41, 5.74) is 1.72. The van der Waals surface area contributed by atoms with E-state index in [0.29, 0.717) is 17.9 Å². The molecule has 0 N–H and O–H groups in total. The maximum absolute atomic E-state index is 11.0. The molecule has 4 nitrogen and oxygen atoms in total. The first-order chi connectivity index (χ1) is 11.1. The fraction of sp³-hybridized carbons (Fsp3) is 0.176. The number of non-ortho nitro benzene ring substituents is 1. The summed E-state index contributed by atoms with van der Waals surface area (Å²) >= 11 is 6.83. The minimum atomic E-state index is -0.405. The van der Waals surface area contributed by atoms with Gasteiger partial charge in [-0.2, -0.15) is 0 Å². The lowest BCUT2D eigenvalue weighted by atomic mass is 10.1. The van der Waals surface area contributed by atoms with Crippen molar-refractivity contribution in [1.82, 2.24) is 0 Å². The monoisotopic (exact) mass is 439 g/mol. The summed E-state index contributed by atoms with van der Waals surface area (Å²) < 4.78 is 6.68. The van der Waals surface area contributed by atoms with Crippen molar-refractivity contribution in [2.75, 3.05) is 11.9 Å². The van der Waals surface area contributed by atoms with E-state index in [0.717, 1.165) is 21.8 Å². The normalized spacial score (nSPS) is 10.9. The minimum absolute atomic E-state index is 0.0459. The van der Waals surface area contributed by atoms with Crippen LogP contribution in [0.25, 0.3) is 12.2 Å². The van der Waals surface area contributed by atoms with Crippen LogP contribution in [0.1, 0.15) is 17.5 Å². The molecule has 120 valence electrons. The molecule has 0 heterocycles. The first-order valence-electron chi connectivity index (χ1n) is 7.01. The van der Waals surface area contributed by atoms with Gasteiger partial charge < -0.3 is 4.74 Å². The first kappa shape index (κ1) is 17.7. The number of alkyl halides is 1. The predicted molar refractivity (Wildman–Crippen MR) is 100 cm³/mol. The van der Waals surface area contributed by atoms with Crippen LogP contribution in [-0.4, -0.2) is 16.9 Å². The third kappa shape index (κ3) is 5.18. The third-order valence-electron chi connectivity index (χ3n) is 3.09. The molecule has 0 aliphatic carbocycles. The molecule has 0 aliphatic rings. The van der Waals surface area contributed by atoms with Gasteiger partial charge in [0, 0.05) is 27.5 Å². The number of hydrogen-bond acceptors (Lipinski definition) is 3. The molecule has 2 aromatic carbocycles. The van der Waals surface area contributed by atoms with E-state index < -0.39 is 4.92 Å². The number of nitro benzene ring substituents is 1. The predicted octanol–water partition coefficient (Wildman–Crippen LogP) is 5.69. The van der Waals surface area contributed by atoms with Crippen LogP contribution in [0.2, 0.25) is 0 Å². The van der Waals surface area contributed by atoms with Crippen molar-refractivity contribution >= 4 is 49.7 Å². The van der Waals surface area contributed by atoms with E-state index in [1.807, 2.05) is 36.4 Å². The van der Waals surface area contributed by atoms with Gasteiger partial charge in [-0.1, -0.05) is 62.2 Å². The number of nitro groups is 1. The van der Waals surface area contributed by atoms with Crippen molar-refractivity contribution < 1.29 is 9.66 Å². The largest absolute Gasteiger partial charge is 0.493 e. The topological polar surface area (TPSA) is 52.4 Å². The van der Waals surface area contributed by atoms with Gasteiger partial charge in [-0.05, 0) is 24.1 Å². The Bertz CT molecular complexity index is 717. The van der Waals surface area contributed by atoms with Gasteiger partial charge in [-0.15, -0.1) is 0 Å². The lowest BCUT2D eigenvalue weighted by Crippen LogP contribution is -2.00. The average Bonchev–Trinajstić information content (AvgIpc) is 2.55. The van der Waals surface area contributed by atoms with Crippen molar-refractivity contribution in [3.8, 4) is 5.75 Å². The van der Waals surface area contributed by atoms with E-state index in [1.165, 1.54) is 12.1 Å². The Kier molecular flexibility index (Phi) is 6.80. The molecule has 0 spiro atoms. The van der Waals surface area contributed by atoms with Crippen LogP contribution >= 0.6 is 31.9 Å². The van der Waals surface area contributed by atoms with E-state index in [2.05, 4.69) is 31.9 Å². The first-order valence-corrected chi connectivity index (χ1v) is 8.93. The van der Waals surface area contributed by atoms with Gasteiger partial charge in [0.2, 0.25) is 0 Å². The Hall–Kier alpha value is -1.66. The number of halogens is 2. The average molecular weight is 441 g/mol. The lowest BCUT2D eigenvalue weighted by molar-refractivity contribution is -0.384. The summed E-state index contributed by atoms with van der Waals surface area (Å²) in [6, 6.07) is 12.4. The standard InChI is InChI=1S/C17H15Br2NO3/c18-10-3-11-23-17-9-8-15(20(21)22)12-14(17)7-6-13-4-1-2-5-16(13)19/h1-2,4-9,12H,3,10-11H2. The molecular formula is C17H15Br2NO3. The molecule has 2 rings (SSSR count). The molecule has 0 aliphatic heterocycles. The van der Waals surface area contributed by atoms with Gasteiger partial charge in [0.15, 0.2) is 0 Å². The Labute approximate surface area is 151 Å². The van der Waals surface area contributed by atoms with Crippen LogP contribution in [0.3, 0.4) is 0 Å². The van der Waals surface area contributed by atoms with Crippen LogP contribution in [0.4, 0.5) is 5.69 Å². The van der Waals surface area contributed by atoms with Gasteiger partial charge >= 0.3 is 0 Å². The second-order valence-corrected chi connectivity index (χ2v) is 6.37. The van der Waals surface area contributed by atoms with Crippen LogP contribution in [0.15, 0.2) is 46.9 Å². The highest BCUT2D eigenvalue weighted by Gasteiger charge is 2.10. The number of benzene rings is 2. The summed E-state index contributed by atoms with van der Waals surface area (Å²) in [7, 11) is 0. The van der Waals surface area contributed by atoms with E-state index >= 15 is 0 Å². The molecule has 0 atom stereocenters. The fourth-order valence-corrected chi connectivity index (χ4v) is 2.58. The molecule has 0 saturated carbocycles. The Morgan fingerprint density at radius 1 is 1.13 bits per heavy atom. The summed E-state index contributed by atoms with van der Waals surface area (Å²) in [6.07, 6.45) is 4.60. The zero-order valence-electron chi connectivity index (χ0n) is 12.2. The lowest BCUT2D eigenvalue weighted by Gasteiger charge is -2.08. The molecule has 6 heteroatoms. The van der Waals surface area contributed by atoms with Crippen LogP contribution < -0.4 is 4.74 Å². The Morgan fingerprint density at radius 3 is 2.57 bits per heavy atom. The van der Waals surface area contributed by atoms with Gasteiger partial charge in [-0.3, -0.25) is 10.1 Å². The fourth-order valence-electron chi connectivity index (χ4n) is 1.94. The SMILES string of the molecule is O=[N+]([O-])c1ccc(OCCCBr)c(C=Cc2ccccc2Br)c1. The maximum Gasteiger partial charge on any atom is 0.270 e. The quantitative estimate of drug-likeness (QED) is 0.182. The van der Waals surface area contributed by atoms with Crippen molar-refractivity contribution in [1.29, 1.82) is 0 Å². The van der Waals surface area contributed by atoms with Gasteiger partial charge in [0.05, 0.1) is 11.5 Å². The van der Waals surface area contributed by atoms with Gasteiger partial charge in [0.25, 0.3) is 5.69 Å². The maximum atomic E-state index is 11.0. The zero-order chi connectivity index (χ0) is 16.7. The van der Waals surface area contributed by atoms with Crippen molar-refractivity contribution in [2.45, 2.75) is 6.42 Å². The number of ether oxygens (including phenoxy) is 1. The van der Waals surface area contributed by atoms with E-state index in [1.54, 1.807) is 6.07 Å². The second kappa shape index (κ2) is 8.84. The third-order valence-corrected chi connectivity index (χ3v) is 4.37. The van der Waals surface area contributed by atoms with Crippen LogP contribution in [0, 0.1) is 10.1 Å². The molecule has 0 unspecified atom stereocenters. The molecule has 0 aromatic heterocycles. The Balaban J connectivity index is 2.31. The summed E-state index contributed by atoms with van der Waals surface area (Å²) in [5, 5.41) is 11.8. The van der Waals surface area contributed by atoms with E-state index in [9.17, 15) is 10.1 Å². The molecular weight excluding hydrogens is 426 g/mol. The van der Waals surface area contributed by atoms with Crippen LogP contribution in [0.5, 0.6) is 5.75 Å². The molecule has 2 aromatic rings. The van der Waals surface area contributed by atoms with E-state index in [4.69, 9.17) is 4.74 Å². The molecule has 23 heavy (non-hydrogen) atoms. The van der Waals surface area contributed by atoms with Crippen molar-refractivity contribution in [2.24, 2.45) is 0 Å². The Morgan fingerprint density at radius 2 is 1.87 bits per heavy atom. The zero-order valence-corrected chi connectivity index (χ0v) is 15.4. The number of hydrogen-bond donors (Lipinski definition) is 0. The number of nitrogens with zero attached hydrogens (tertiary/aromatic N) is 1. The van der Waals surface area contributed by atoms with Crippen molar-refractivity contribution in [3.63, 3.8) is 0 Å². The molecule has 0 fully saturated rings. The minimum Gasteiger partial charge on any atom is -0.493 e. The van der Waals surface area contributed by atoms with Gasteiger partial charge in [0.1, 0.15) is 5.75 Å². The molecule has 0 amide bonds. The molecule has 0 bridgehead atoms. The van der Waals surface area contributed by atoms with Crippen molar-refractivity contribution in [3.05, 3.63) is 68.2 Å². The van der Waals surface area contributed by atoms with Gasteiger partial charge in [-0.25, -0.2) is 0 Å². The molecule has 0 radical (unpaired) electrons. The number of rotatable bonds is 7. The smallest absolute Gasteiger partial charge is 0.270 e. The summed E-state index contributed by atoms with van der Waals surface area (Å²) in [6.45, 7) is 0.554. The van der Waals surface area contributed by atoms with E-state index in [-0.39, 0.29) is 5.69 Å². The highest BCUT2D eigenvalue weighted by Crippen LogP contribution is 2.27.